The summed E-state index contributed by atoms with van der Waals surface area (Å²) in [5.41, 5.74) is 1.29. The smallest absolute Gasteiger partial charge is 0.341 e. The van der Waals surface area contributed by atoms with Crippen molar-refractivity contribution in [3.05, 3.63) is 23.9 Å². The van der Waals surface area contributed by atoms with Crippen molar-refractivity contribution < 1.29 is 14.3 Å². The zero-order valence-corrected chi connectivity index (χ0v) is 13.3. The molecule has 1 fully saturated rings. The second-order valence-corrected chi connectivity index (χ2v) is 6.14. The number of aromatic nitrogens is 2. The first-order chi connectivity index (χ1) is 10.6. The molecule has 0 N–H and O–H groups in total. The van der Waals surface area contributed by atoms with Gasteiger partial charge in [-0.2, -0.15) is 5.10 Å². The molecule has 0 saturated heterocycles. The summed E-state index contributed by atoms with van der Waals surface area (Å²) < 4.78 is 12.2. The van der Waals surface area contributed by atoms with Gasteiger partial charge in [-0.25, -0.2) is 4.79 Å². The highest BCUT2D eigenvalue weighted by molar-refractivity contribution is 5.97. The van der Waals surface area contributed by atoms with Crippen molar-refractivity contribution in [2.45, 2.75) is 38.6 Å². The van der Waals surface area contributed by atoms with E-state index in [0.717, 1.165) is 23.2 Å². The number of rotatable bonds is 3. The van der Waals surface area contributed by atoms with Crippen molar-refractivity contribution >= 4 is 16.9 Å². The Balaban J connectivity index is 2.00. The molecule has 2 aromatic rings. The van der Waals surface area contributed by atoms with Gasteiger partial charge in [0.05, 0.1) is 25.8 Å². The third-order valence-electron chi connectivity index (χ3n) is 4.53. The van der Waals surface area contributed by atoms with Crippen LogP contribution >= 0.6 is 0 Å². The van der Waals surface area contributed by atoms with E-state index in [0.29, 0.717) is 17.4 Å². The van der Waals surface area contributed by atoms with Crippen LogP contribution in [0.1, 0.15) is 49.0 Å². The van der Waals surface area contributed by atoms with Gasteiger partial charge >= 0.3 is 5.97 Å². The molecule has 1 heterocycles. The van der Waals surface area contributed by atoms with Gasteiger partial charge in [0.1, 0.15) is 11.3 Å². The number of hydrogen-bond acceptors (Lipinski definition) is 4. The fourth-order valence-corrected chi connectivity index (χ4v) is 3.34. The molecule has 1 aromatic carbocycles. The predicted molar refractivity (Wildman–Crippen MR) is 84.3 cm³/mol. The van der Waals surface area contributed by atoms with Crippen molar-refractivity contribution in [3.8, 4) is 5.75 Å². The van der Waals surface area contributed by atoms with E-state index in [1.165, 1.54) is 26.4 Å². The lowest BCUT2D eigenvalue weighted by atomic mass is 9.87. The molecule has 22 heavy (non-hydrogen) atoms. The van der Waals surface area contributed by atoms with Crippen LogP contribution in [0.3, 0.4) is 0 Å². The van der Waals surface area contributed by atoms with Crippen LogP contribution in [-0.2, 0) is 4.74 Å². The highest BCUT2D eigenvalue weighted by atomic mass is 16.5. The van der Waals surface area contributed by atoms with Gasteiger partial charge in [0, 0.05) is 17.6 Å². The molecule has 0 aliphatic heterocycles. The number of fused-ring (bicyclic) bond motifs is 1. The normalized spacial score (nSPS) is 21.8. The van der Waals surface area contributed by atoms with E-state index in [1.807, 2.05) is 12.3 Å². The maximum Gasteiger partial charge on any atom is 0.341 e. The Kier molecular flexibility index (Phi) is 4.05. The Morgan fingerprint density at radius 1 is 1.32 bits per heavy atom. The fraction of sp³-hybridized carbons (Fsp3) is 0.529. The lowest BCUT2D eigenvalue weighted by Gasteiger charge is -2.26. The zero-order chi connectivity index (χ0) is 15.7. The van der Waals surface area contributed by atoms with E-state index in [1.54, 1.807) is 13.2 Å². The van der Waals surface area contributed by atoms with Crippen molar-refractivity contribution in [2.75, 3.05) is 14.2 Å². The molecule has 3 rings (SSSR count). The molecule has 1 saturated carbocycles. The van der Waals surface area contributed by atoms with E-state index in [2.05, 4.69) is 11.6 Å². The number of ether oxygens (including phenoxy) is 2. The first-order valence-electron chi connectivity index (χ1n) is 7.77. The van der Waals surface area contributed by atoms with Gasteiger partial charge in [-0.15, -0.1) is 0 Å². The third kappa shape index (κ3) is 2.67. The highest BCUT2D eigenvalue weighted by Gasteiger charge is 2.22. The maximum absolute atomic E-state index is 11.9. The minimum atomic E-state index is -0.391. The van der Waals surface area contributed by atoms with Gasteiger partial charge in [-0.3, -0.25) is 4.68 Å². The standard InChI is InChI=1S/C17H22N2O3/c1-11-5-4-6-13(7-11)19-10-12-8-14(17(20)22-3)16(21-2)9-15(12)18-19/h8-11,13H,4-7H2,1-3H3. The lowest BCUT2D eigenvalue weighted by molar-refractivity contribution is 0.0597. The van der Waals surface area contributed by atoms with Gasteiger partial charge in [-0.05, 0) is 24.8 Å². The van der Waals surface area contributed by atoms with Gasteiger partial charge in [0.25, 0.3) is 0 Å². The average molecular weight is 302 g/mol. The highest BCUT2D eigenvalue weighted by Crippen LogP contribution is 2.33. The van der Waals surface area contributed by atoms with Gasteiger partial charge in [0.2, 0.25) is 0 Å². The molecular formula is C17H22N2O3. The molecule has 0 amide bonds. The Hall–Kier alpha value is -2.04. The zero-order valence-electron chi connectivity index (χ0n) is 13.3. The molecule has 1 aliphatic carbocycles. The van der Waals surface area contributed by atoms with Crippen LogP contribution in [0.25, 0.3) is 10.9 Å². The number of esters is 1. The summed E-state index contributed by atoms with van der Waals surface area (Å²) in [5.74, 6) is 0.852. The largest absolute Gasteiger partial charge is 0.496 e. The molecule has 1 aromatic heterocycles. The Morgan fingerprint density at radius 2 is 2.14 bits per heavy atom. The van der Waals surface area contributed by atoms with E-state index in [-0.39, 0.29) is 0 Å². The average Bonchev–Trinajstić information content (AvgIpc) is 2.95. The number of hydrogen-bond donors (Lipinski definition) is 0. The first kappa shape index (κ1) is 14.9. The van der Waals surface area contributed by atoms with Crippen molar-refractivity contribution in [1.29, 1.82) is 0 Å². The van der Waals surface area contributed by atoms with Crippen LogP contribution < -0.4 is 4.74 Å². The summed E-state index contributed by atoms with van der Waals surface area (Å²) in [7, 11) is 2.92. The van der Waals surface area contributed by atoms with E-state index >= 15 is 0 Å². The summed E-state index contributed by atoms with van der Waals surface area (Å²) in [5, 5.41) is 5.63. The summed E-state index contributed by atoms with van der Waals surface area (Å²) >= 11 is 0. The van der Waals surface area contributed by atoms with E-state index in [9.17, 15) is 4.79 Å². The van der Waals surface area contributed by atoms with E-state index in [4.69, 9.17) is 14.6 Å². The van der Waals surface area contributed by atoms with Crippen molar-refractivity contribution in [2.24, 2.45) is 5.92 Å². The molecule has 1 aliphatic rings. The second kappa shape index (κ2) is 5.99. The van der Waals surface area contributed by atoms with Crippen LogP contribution in [0, 0.1) is 5.92 Å². The maximum atomic E-state index is 11.9. The Morgan fingerprint density at radius 3 is 2.82 bits per heavy atom. The van der Waals surface area contributed by atoms with Crippen LogP contribution in [0.15, 0.2) is 18.3 Å². The van der Waals surface area contributed by atoms with Crippen LogP contribution in [0.2, 0.25) is 0 Å². The third-order valence-corrected chi connectivity index (χ3v) is 4.53. The Bertz CT molecular complexity index is 693. The molecule has 0 radical (unpaired) electrons. The summed E-state index contributed by atoms with van der Waals surface area (Å²) in [6.07, 6.45) is 6.91. The molecule has 2 atom stereocenters. The molecule has 118 valence electrons. The number of methoxy groups -OCH3 is 2. The SMILES string of the molecule is COC(=O)c1cc2cn(C3CCCC(C)C3)nc2cc1OC. The van der Waals surface area contributed by atoms with Gasteiger partial charge < -0.3 is 9.47 Å². The lowest BCUT2D eigenvalue weighted by Crippen LogP contribution is -2.17. The predicted octanol–water partition coefficient (Wildman–Crippen LogP) is 3.58. The minimum absolute atomic E-state index is 0.391. The van der Waals surface area contributed by atoms with E-state index < -0.39 is 5.97 Å². The van der Waals surface area contributed by atoms with Crippen LogP contribution in [0.5, 0.6) is 5.75 Å². The first-order valence-corrected chi connectivity index (χ1v) is 7.77. The van der Waals surface area contributed by atoms with Crippen LogP contribution in [0.4, 0.5) is 0 Å². The molecular weight excluding hydrogens is 280 g/mol. The summed E-state index contributed by atoms with van der Waals surface area (Å²) in [4.78, 5) is 11.9. The molecule has 0 spiro atoms. The summed E-state index contributed by atoms with van der Waals surface area (Å²) in [6, 6.07) is 4.06. The molecule has 5 heteroatoms. The number of carbonyl (C=O) groups excluding carboxylic acids is 1. The molecule has 5 nitrogen and oxygen atoms in total. The Labute approximate surface area is 130 Å². The second-order valence-electron chi connectivity index (χ2n) is 6.14. The monoisotopic (exact) mass is 302 g/mol. The minimum Gasteiger partial charge on any atom is -0.496 e. The quantitative estimate of drug-likeness (QED) is 0.813. The fourth-order valence-electron chi connectivity index (χ4n) is 3.34. The van der Waals surface area contributed by atoms with Crippen molar-refractivity contribution in [1.82, 2.24) is 9.78 Å². The van der Waals surface area contributed by atoms with Gasteiger partial charge in [-0.1, -0.05) is 19.8 Å². The number of nitrogens with zero attached hydrogens (tertiary/aromatic N) is 2. The molecule has 0 bridgehead atoms. The number of benzene rings is 1. The number of carbonyl (C=O) groups is 1. The van der Waals surface area contributed by atoms with Crippen molar-refractivity contribution in [3.63, 3.8) is 0 Å². The summed E-state index contributed by atoms with van der Waals surface area (Å²) in [6.45, 7) is 2.30. The van der Waals surface area contributed by atoms with Crippen LogP contribution in [-0.4, -0.2) is 30.0 Å². The van der Waals surface area contributed by atoms with Gasteiger partial charge in [0.15, 0.2) is 0 Å². The topological polar surface area (TPSA) is 53.4 Å². The molecule has 2 unspecified atom stereocenters.